The highest BCUT2D eigenvalue weighted by atomic mass is 16.5. The fraction of sp³-hybridized carbons (Fsp3) is 0.526. The maximum absolute atomic E-state index is 12.4. The first-order valence-electron chi connectivity index (χ1n) is 9.16. The second kappa shape index (κ2) is 9.13. The number of methoxy groups -OCH3 is 2. The lowest BCUT2D eigenvalue weighted by atomic mass is 10.1. The van der Waals surface area contributed by atoms with Gasteiger partial charge in [0.05, 0.1) is 38.5 Å². The highest BCUT2D eigenvalue weighted by molar-refractivity contribution is 5.79. The third kappa shape index (κ3) is 4.86. The Morgan fingerprint density at radius 2 is 2.14 bits per heavy atom. The third-order valence-electron chi connectivity index (χ3n) is 4.95. The van der Waals surface area contributed by atoms with Crippen LogP contribution in [0.25, 0.3) is 0 Å². The second-order valence-corrected chi connectivity index (χ2v) is 7.04. The molecule has 0 spiro atoms. The first-order chi connectivity index (χ1) is 13.5. The zero-order chi connectivity index (χ0) is 20.1. The van der Waals surface area contributed by atoms with E-state index in [0.29, 0.717) is 31.0 Å². The third-order valence-corrected chi connectivity index (χ3v) is 4.95. The highest BCUT2D eigenvalue weighted by Gasteiger charge is 2.42. The number of ether oxygens (including phenoxy) is 2. The molecule has 0 bridgehead atoms. The van der Waals surface area contributed by atoms with Crippen molar-refractivity contribution in [3.8, 4) is 5.75 Å². The molecule has 3 rings (SSSR count). The predicted molar refractivity (Wildman–Crippen MR) is 99.5 cm³/mol. The normalized spacial score (nSPS) is 24.3. The van der Waals surface area contributed by atoms with Crippen molar-refractivity contribution in [3.05, 3.63) is 41.7 Å². The number of hydrogen-bond donors (Lipinski definition) is 3. The van der Waals surface area contributed by atoms with Crippen molar-refractivity contribution < 1.29 is 24.5 Å². The Balaban J connectivity index is 1.56. The summed E-state index contributed by atoms with van der Waals surface area (Å²) in [5, 5.41) is 31.5. The molecule has 0 radical (unpaired) electrons. The van der Waals surface area contributed by atoms with Crippen molar-refractivity contribution >= 4 is 5.91 Å². The molecule has 9 nitrogen and oxygen atoms in total. The standard InChI is InChI=1S/C19H26N4O5/c1-27-11-14-10-23(22-21-14)9-13-8-16(19(26)18(13)25)20-17(24)7-12-4-3-5-15(6-12)28-2/h3-6,10,13,16,18-19,25-26H,7-9,11H2,1-2H3,(H,20,24)/t13-,16-,18-,19+/m1/s1. The molecule has 1 aromatic heterocycles. The number of aliphatic hydroxyl groups excluding tert-OH is 2. The number of benzene rings is 1. The molecule has 3 N–H and O–H groups in total. The number of carbonyl (C=O) groups is 1. The molecule has 1 fully saturated rings. The molecule has 1 amide bonds. The van der Waals surface area contributed by atoms with E-state index in [9.17, 15) is 15.0 Å². The van der Waals surface area contributed by atoms with Crippen LogP contribution < -0.4 is 10.1 Å². The van der Waals surface area contributed by atoms with E-state index in [0.717, 1.165) is 5.56 Å². The molecule has 9 heteroatoms. The second-order valence-electron chi connectivity index (χ2n) is 7.04. The molecule has 0 saturated heterocycles. The number of hydrogen-bond acceptors (Lipinski definition) is 7. The molecule has 28 heavy (non-hydrogen) atoms. The summed E-state index contributed by atoms with van der Waals surface area (Å²) < 4.78 is 11.8. The van der Waals surface area contributed by atoms with Gasteiger partial charge in [0.15, 0.2) is 0 Å². The topological polar surface area (TPSA) is 119 Å². The summed E-state index contributed by atoms with van der Waals surface area (Å²) in [7, 11) is 3.15. The molecule has 2 aromatic rings. The fourth-order valence-corrected chi connectivity index (χ4v) is 3.56. The summed E-state index contributed by atoms with van der Waals surface area (Å²) >= 11 is 0. The first-order valence-corrected chi connectivity index (χ1v) is 9.16. The van der Waals surface area contributed by atoms with Gasteiger partial charge in [-0.05, 0) is 24.1 Å². The van der Waals surface area contributed by atoms with Crippen molar-refractivity contribution in [3.63, 3.8) is 0 Å². The molecule has 1 heterocycles. The van der Waals surface area contributed by atoms with Gasteiger partial charge in [-0.15, -0.1) is 5.10 Å². The minimum Gasteiger partial charge on any atom is -0.497 e. The zero-order valence-corrected chi connectivity index (χ0v) is 16.0. The van der Waals surface area contributed by atoms with Crippen LogP contribution in [0.15, 0.2) is 30.5 Å². The molecule has 1 aliphatic rings. The van der Waals surface area contributed by atoms with E-state index in [1.54, 1.807) is 31.2 Å². The van der Waals surface area contributed by atoms with Crippen LogP contribution in [0.1, 0.15) is 17.7 Å². The predicted octanol–water partition coefficient (Wildman–Crippen LogP) is -0.0977. The van der Waals surface area contributed by atoms with Gasteiger partial charge in [0.2, 0.25) is 5.91 Å². The van der Waals surface area contributed by atoms with E-state index in [-0.39, 0.29) is 18.2 Å². The molecule has 0 unspecified atom stereocenters. The molecular formula is C19H26N4O5. The maximum Gasteiger partial charge on any atom is 0.224 e. The Labute approximate surface area is 163 Å². The Morgan fingerprint density at radius 1 is 1.32 bits per heavy atom. The molecule has 4 atom stereocenters. The smallest absolute Gasteiger partial charge is 0.224 e. The first kappa shape index (κ1) is 20.2. The van der Waals surface area contributed by atoms with E-state index in [1.165, 1.54) is 0 Å². The maximum atomic E-state index is 12.4. The fourth-order valence-electron chi connectivity index (χ4n) is 3.56. The van der Waals surface area contributed by atoms with Gasteiger partial charge in [0.25, 0.3) is 0 Å². The minimum absolute atomic E-state index is 0.171. The number of amides is 1. The van der Waals surface area contributed by atoms with Crippen LogP contribution in [0, 0.1) is 5.92 Å². The van der Waals surface area contributed by atoms with Crippen molar-refractivity contribution in [1.82, 2.24) is 20.3 Å². The van der Waals surface area contributed by atoms with E-state index in [2.05, 4.69) is 15.6 Å². The highest BCUT2D eigenvalue weighted by Crippen LogP contribution is 2.28. The molecular weight excluding hydrogens is 364 g/mol. The Bertz CT molecular complexity index is 796. The summed E-state index contributed by atoms with van der Waals surface area (Å²) in [5.74, 6) is 0.227. The van der Waals surface area contributed by atoms with Gasteiger partial charge < -0.3 is 25.0 Å². The van der Waals surface area contributed by atoms with Crippen molar-refractivity contribution in [2.24, 2.45) is 5.92 Å². The number of nitrogens with one attached hydrogen (secondary N) is 1. The average Bonchev–Trinajstić information content (AvgIpc) is 3.22. The van der Waals surface area contributed by atoms with Gasteiger partial charge in [-0.3, -0.25) is 9.48 Å². The van der Waals surface area contributed by atoms with Crippen LogP contribution in [-0.4, -0.2) is 63.6 Å². The van der Waals surface area contributed by atoms with Gasteiger partial charge in [0.1, 0.15) is 17.5 Å². The summed E-state index contributed by atoms with van der Waals surface area (Å²) in [5.41, 5.74) is 1.51. The number of nitrogens with zero attached hydrogens (tertiary/aromatic N) is 3. The summed E-state index contributed by atoms with van der Waals surface area (Å²) in [6.45, 7) is 0.760. The quantitative estimate of drug-likeness (QED) is 0.576. The SMILES string of the molecule is COCc1cn(C[C@H]2C[C@@H](NC(=O)Cc3cccc(OC)c3)[C@H](O)[C@@H]2O)nn1. The lowest BCUT2D eigenvalue weighted by Gasteiger charge is -2.18. The monoisotopic (exact) mass is 390 g/mol. The van der Waals surface area contributed by atoms with Crippen LogP contribution in [0.3, 0.4) is 0 Å². The number of rotatable bonds is 8. The average molecular weight is 390 g/mol. The lowest BCUT2D eigenvalue weighted by molar-refractivity contribution is -0.122. The zero-order valence-electron chi connectivity index (χ0n) is 16.0. The molecule has 1 aliphatic carbocycles. The minimum atomic E-state index is -1.03. The van der Waals surface area contributed by atoms with Crippen LogP contribution in [0.4, 0.5) is 0 Å². The Kier molecular flexibility index (Phi) is 6.61. The number of aromatic nitrogens is 3. The van der Waals surface area contributed by atoms with E-state index >= 15 is 0 Å². The van der Waals surface area contributed by atoms with Gasteiger partial charge in [0, 0.05) is 19.6 Å². The van der Waals surface area contributed by atoms with Gasteiger partial charge in [-0.25, -0.2) is 0 Å². The van der Waals surface area contributed by atoms with Gasteiger partial charge >= 0.3 is 0 Å². The van der Waals surface area contributed by atoms with Crippen LogP contribution >= 0.6 is 0 Å². The molecule has 152 valence electrons. The largest absolute Gasteiger partial charge is 0.497 e. The van der Waals surface area contributed by atoms with E-state index in [4.69, 9.17) is 9.47 Å². The van der Waals surface area contributed by atoms with E-state index < -0.39 is 18.2 Å². The van der Waals surface area contributed by atoms with Crippen molar-refractivity contribution in [2.75, 3.05) is 14.2 Å². The van der Waals surface area contributed by atoms with Crippen LogP contribution in [0.2, 0.25) is 0 Å². The van der Waals surface area contributed by atoms with Crippen molar-refractivity contribution in [1.29, 1.82) is 0 Å². The van der Waals surface area contributed by atoms with Gasteiger partial charge in [-0.1, -0.05) is 17.3 Å². The number of aliphatic hydroxyl groups is 2. The molecule has 0 aliphatic heterocycles. The lowest BCUT2D eigenvalue weighted by Crippen LogP contribution is -2.43. The van der Waals surface area contributed by atoms with Crippen molar-refractivity contribution in [2.45, 2.75) is 44.2 Å². The summed E-state index contributed by atoms with van der Waals surface area (Å²) in [6.07, 6.45) is 0.395. The van der Waals surface area contributed by atoms with Gasteiger partial charge in [-0.2, -0.15) is 0 Å². The summed E-state index contributed by atoms with van der Waals surface area (Å²) in [6, 6.07) is 6.75. The molecule has 1 aromatic carbocycles. The Morgan fingerprint density at radius 3 is 2.89 bits per heavy atom. The van der Waals surface area contributed by atoms with Crippen LogP contribution in [0.5, 0.6) is 5.75 Å². The molecule has 1 saturated carbocycles. The summed E-state index contributed by atoms with van der Waals surface area (Å²) in [4.78, 5) is 12.4. The van der Waals surface area contributed by atoms with Crippen LogP contribution in [-0.2, 0) is 29.1 Å². The van der Waals surface area contributed by atoms with E-state index in [1.807, 2.05) is 18.2 Å². The number of carbonyl (C=O) groups excluding carboxylic acids is 1. The Hall–Kier alpha value is -2.49.